The van der Waals surface area contributed by atoms with E-state index in [1.54, 1.807) is 7.11 Å². The van der Waals surface area contributed by atoms with Crippen molar-refractivity contribution in [1.29, 1.82) is 0 Å². The van der Waals surface area contributed by atoms with Gasteiger partial charge in [0, 0.05) is 17.9 Å². The van der Waals surface area contributed by atoms with E-state index >= 15 is 0 Å². The first-order valence-electron chi connectivity index (χ1n) is 5.94. The number of benzene rings is 1. The van der Waals surface area contributed by atoms with Crippen molar-refractivity contribution in [3.8, 4) is 17.2 Å². The van der Waals surface area contributed by atoms with Crippen molar-refractivity contribution in [2.24, 2.45) is 5.73 Å². The zero-order chi connectivity index (χ0) is 12.3. The number of fused-ring (bicyclic) bond motifs is 1. The molecule has 4 nitrogen and oxygen atoms in total. The van der Waals surface area contributed by atoms with Gasteiger partial charge in [-0.25, -0.2) is 0 Å². The van der Waals surface area contributed by atoms with Crippen molar-refractivity contribution in [1.82, 2.24) is 0 Å². The van der Waals surface area contributed by atoms with Crippen molar-refractivity contribution in [2.75, 3.05) is 26.9 Å². The predicted octanol–water partition coefficient (Wildman–Crippen LogP) is 1.92. The van der Waals surface area contributed by atoms with E-state index in [9.17, 15) is 0 Å². The van der Waals surface area contributed by atoms with Crippen LogP contribution in [0.1, 0.15) is 24.8 Å². The van der Waals surface area contributed by atoms with E-state index in [1.807, 2.05) is 12.1 Å². The topological polar surface area (TPSA) is 53.7 Å². The SMILES string of the molecule is COc1ccc2c(c1C(C)CN)OCCCO2. The second-order valence-electron chi connectivity index (χ2n) is 4.20. The van der Waals surface area contributed by atoms with Crippen LogP contribution in [0.5, 0.6) is 17.2 Å². The Labute approximate surface area is 102 Å². The van der Waals surface area contributed by atoms with Crippen LogP contribution < -0.4 is 19.9 Å². The molecular formula is C13H19NO3. The first kappa shape index (κ1) is 12.0. The number of nitrogens with two attached hydrogens (primary N) is 1. The minimum atomic E-state index is 0.182. The van der Waals surface area contributed by atoms with Crippen LogP contribution in [0, 0.1) is 0 Å². The molecule has 1 unspecified atom stereocenters. The summed E-state index contributed by atoms with van der Waals surface area (Å²) in [5, 5.41) is 0. The molecule has 1 atom stereocenters. The molecule has 0 radical (unpaired) electrons. The molecule has 0 amide bonds. The van der Waals surface area contributed by atoms with Crippen LogP contribution in [0.2, 0.25) is 0 Å². The van der Waals surface area contributed by atoms with Gasteiger partial charge in [-0.05, 0) is 18.7 Å². The van der Waals surface area contributed by atoms with Gasteiger partial charge in [0.2, 0.25) is 0 Å². The van der Waals surface area contributed by atoms with E-state index in [0.717, 1.165) is 29.2 Å². The Kier molecular flexibility index (Phi) is 3.74. The summed E-state index contributed by atoms with van der Waals surface area (Å²) in [7, 11) is 1.66. The molecule has 2 N–H and O–H groups in total. The Hall–Kier alpha value is -1.42. The smallest absolute Gasteiger partial charge is 0.168 e. The minimum absolute atomic E-state index is 0.182. The molecule has 4 heteroatoms. The highest BCUT2D eigenvalue weighted by atomic mass is 16.5. The van der Waals surface area contributed by atoms with E-state index < -0.39 is 0 Å². The van der Waals surface area contributed by atoms with Gasteiger partial charge >= 0.3 is 0 Å². The summed E-state index contributed by atoms with van der Waals surface area (Å²) in [6.45, 7) is 3.97. The fourth-order valence-electron chi connectivity index (χ4n) is 2.00. The molecule has 0 aliphatic carbocycles. The second-order valence-corrected chi connectivity index (χ2v) is 4.20. The molecule has 0 fully saturated rings. The Morgan fingerprint density at radius 2 is 2.12 bits per heavy atom. The molecule has 1 heterocycles. The van der Waals surface area contributed by atoms with Crippen LogP contribution in [0.15, 0.2) is 12.1 Å². The van der Waals surface area contributed by atoms with Crippen LogP contribution in [-0.2, 0) is 0 Å². The molecular weight excluding hydrogens is 218 g/mol. The summed E-state index contributed by atoms with van der Waals surface area (Å²) >= 11 is 0. The summed E-state index contributed by atoms with van der Waals surface area (Å²) in [6, 6.07) is 3.81. The minimum Gasteiger partial charge on any atom is -0.496 e. The van der Waals surface area contributed by atoms with E-state index in [4.69, 9.17) is 19.9 Å². The van der Waals surface area contributed by atoms with Crippen molar-refractivity contribution >= 4 is 0 Å². The number of hydrogen-bond acceptors (Lipinski definition) is 4. The highest BCUT2D eigenvalue weighted by Crippen LogP contribution is 2.42. The van der Waals surface area contributed by atoms with Crippen LogP contribution in [-0.4, -0.2) is 26.9 Å². The Bertz CT molecular complexity index is 392. The van der Waals surface area contributed by atoms with E-state index in [2.05, 4.69) is 6.92 Å². The molecule has 1 aliphatic rings. The Morgan fingerprint density at radius 1 is 1.35 bits per heavy atom. The highest BCUT2D eigenvalue weighted by Gasteiger charge is 2.22. The lowest BCUT2D eigenvalue weighted by atomic mass is 9.98. The van der Waals surface area contributed by atoms with Gasteiger partial charge in [-0.2, -0.15) is 0 Å². The van der Waals surface area contributed by atoms with Crippen LogP contribution in [0.3, 0.4) is 0 Å². The number of ether oxygens (including phenoxy) is 3. The third-order valence-electron chi connectivity index (χ3n) is 2.98. The quantitative estimate of drug-likeness (QED) is 0.872. The summed E-state index contributed by atoms with van der Waals surface area (Å²) in [6.07, 6.45) is 0.896. The van der Waals surface area contributed by atoms with Gasteiger partial charge in [-0.3, -0.25) is 0 Å². The van der Waals surface area contributed by atoms with Crippen molar-refractivity contribution in [2.45, 2.75) is 19.3 Å². The van der Waals surface area contributed by atoms with Crippen molar-refractivity contribution < 1.29 is 14.2 Å². The predicted molar refractivity (Wildman–Crippen MR) is 66.1 cm³/mol. The van der Waals surface area contributed by atoms with Crippen molar-refractivity contribution in [3.63, 3.8) is 0 Å². The summed E-state index contributed by atoms with van der Waals surface area (Å²) in [5.41, 5.74) is 6.76. The molecule has 0 bridgehead atoms. The van der Waals surface area contributed by atoms with E-state index in [0.29, 0.717) is 19.8 Å². The molecule has 1 aliphatic heterocycles. The molecule has 0 aromatic heterocycles. The zero-order valence-electron chi connectivity index (χ0n) is 10.4. The van der Waals surface area contributed by atoms with Gasteiger partial charge < -0.3 is 19.9 Å². The monoisotopic (exact) mass is 237 g/mol. The zero-order valence-corrected chi connectivity index (χ0v) is 10.4. The normalized spacial score (nSPS) is 16.2. The summed E-state index contributed by atoms with van der Waals surface area (Å²) < 4.78 is 16.8. The summed E-state index contributed by atoms with van der Waals surface area (Å²) in [4.78, 5) is 0. The van der Waals surface area contributed by atoms with Gasteiger partial charge in [0.15, 0.2) is 11.5 Å². The maximum absolute atomic E-state index is 5.78. The fourth-order valence-corrected chi connectivity index (χ4v) is 2.00. The fraction of sp³-hybridized carbons (Fsp3) is 0.538. The molecule has 17 heavy (non-hydrogen) atoms. The Balaban J connectivity index is 2.50. The first-order valence-corrected chi connectivity index (χ1v) is 5.94. The number of methoxy groups -OCH3 is 1. The third kappa shape index (κ3) is 2.31. The molecule has 0 spiro atoms. The molecule has 1 aromatic carbocycles. The molecule has 0 saturated carbocycles. The largest absolute Gasteiger partial charge is 0.496 e. The first-order chi connectivity index (χ1) is 8.27. The second kappa shape index (κ2) is 5.27. The van der Waals surface area contributed by atoms with Gasteiger partial charge in [-0.15, -0.1) is 0 Å². The Morgan fingerprint density at radius 3 is 2.82 bits per heavy atom. The lowest BCUT2D eigenvalue weighted by molar-refractivity contribution is 0.295. The standard InChI is InChI=1S/C13H19NO3/c1-9(8-14)12-10(15-2)4-5-11-13(12)17-7-3-6-16-11/h4-5,9H,3,6-8,14H2,1-2H3. The molecule has 94 valence electrons. The van der Waals surface area contributed by atoms with Crippen LogP contribution >= 0.6 is 0 Å². The van der Waals surface area contributed by atoms with Gasteiger partial charge in [-0.1, -0.05) is 6.92 Å². The van der Waals surface area contributed by atoms with E-state index in [1.165, 1.54) is 0 Å². The van der Waals surface area contributed by atoms with Gasteiger partial charge in [0.05, 0.1) is 20.3 Å². The number of hydrogen-bond donors (Lipinski definition) is 1. The highest BCUT2D eigenvalue weighted by molar-refractivity contribution is 5.55. The van der Waals surface area contributed by atoms with Crippen LogP contribution in [0.25, 0.3) is 0 Å². The molecule has 2 rings (SSSR count). The number of rotatable bonds is 3. The maximum Gasteiger partial charge on any atom is 0.168 e. The lowest BCUT2D eigenvalue weighted by Gasteiger charge is -2.19. The molecule has 1 aromatic rings. The average Bonchev–Trinajstić information content (AvgIpc) is 2.61. The third-order valence-corrected chi connectivity index (χ3v) is 2.98. The maximum atomic E-state index is 5.78. The van der Waals surface area contributed by atoms with Gasteiger partial charge in [0.25, 0.3) is 0 Å². The van der Waals surface area contributed by atoms with Crippen molar-refractivity contribution in [3.05, 3.63) is 17.7 Å². The average molecular weight is 237 g/mol. The lowest BCUT2D eigenvalue weighted by Crippen LogP contribution is -2.12. The van der Waals surface area contributed by atoms with E-state index in [-0.39, 0.29) is 5.92 Å². The van der Waals surface area contributed by atoms with Crippen LogP contribution in [0.4, 0.5) is 0 Å². The molecule has 0 saturated heterocycles. The summed E-state index contributed by atoms with van der Waals surface area (Å²) in [5.74, 6) is 2.58. The van der Waals surface area contributed by atoms with Gasteiger partial charge in [0.1, 0.15) is 5.75 Å².